The number of alkyl halides is 8. The maximum absolute atomic E-state index is 13.7. The smallest absolute Gasteiger partial charge is 0.291 e. The minimum absolute atomic E-state index is 0.291. The molecule has 1 saturated heterocycles. The predicted molar refractivity (Wildman–Crippen MR) is 52.1 cm³/mol. The Morgan fingerprint density at radius 1 is 0.762 bits per heavy atom. The zero-order valence-corrected chi connectivity index (χ0v) is 10.5. The Kier molecular flexibility index (Phi) is 5.75. The highest BCUT2D eigenvalue weighted by Crippen LogP contribution is 2.30. The molecule has 0 spiro atoms. The van der Waals surface area contributed by atoms with Gasteiger partial charge in [0.15, 0.2) is 0 Å². The topological polar surface area (TPSA) is 24.9 Å². The van der Waals surface area contributed by atoms with Crippen LogP contribution in [0, 0.1) is 0 Å². The van der Waals surface area contributed by atoms with E-state index < -0.39 is 45.2 Å². The van der Waals surface area contributed by atoms with Crippen molar-refractivity contribution >= 4 is 0 Å². The van der Waals surface area contributed by atoms with E-state index in [0.717, 1.165) is 0 Å². The van der Waals surface area contributed by atoms with Crippen LogP contribution < -0.4 is 0 Å². The fourth-order valence-corrected chi connectivity index (χ4v) is 1.75. The zero-order valence-electron chi connectivity index (χ0n) is 10.5. The normalized spacial score (nSPS) is 21.1. The van der Waals surface area contributed by atoms with Crippen LogP contribution in [0.1, 0.15) is 0 Å². The van der Waals surface area contributed by atoms with Gasteiger partial charge >= 0.3 is 18.9 Å². The van der Waals surface area contributed by atoms with Crippen LogP contribution in [0.2, 0.25) is 0 Å². The average Bonchev–Trinajstić information content (AvgIpc) is 2.52. The average molecular weight is 332 g/mol. The minimum Gasteiger partial charge on any atom is -0.291 e. The van der Waals surface area contributed by atoms with Gasteiger partial charge in [0.05, 0.1) is 13.2 Å². The van der Waals surface area contributed by atoms with Crippen molar-refractivity contribution in [2.24, 2.45) is 0 Å². The fourth-order valence-electron chi connectivity index (χ4n) is 1.75. The molecule has 4 nitrogen and oxygen atoms in total. The van der Waals surface area contributed by atoms with Gasteiger partial charge in [0.2, 0.25) is 0 Å². The molecule has 1 heterocycles. The van der Waals surface area contributed by atoms with Crippen LogP contribution in [-0.2, 0) is 9.47 Å². The maximum Gasteiger partial charge on any atom is 0.522 e. The quantitative estimate of drug-likeness (QED) is 0.550. The lowest BCUT2D eigenvalue weighted by atomic mass is 10.5. The molecule has 0 amide bonds. The number of hydrogen-bond donors (Lipinski definition) is 0. The monoisotopic (exact) mass is 332 g/mol. The molecule has 0 radical (unpaired) electrons. The SMILES string of the molecule is FC(F)(F)OCCN1CCN(CCOC(F)(F)F)C1(F)F. The summed E-state index contributed by atoms with van der Waals surface area (Å²) in [5.74, 6) is 0. The molecule has 0 aromatic carbocycles. The lowest BCUT2D eigenvalue weighted by molar-refractivity contribution is -0.331. The molecule has 12 heteroatoms. The number of halogens is 8. The van der Waals surface area contributed by atoms with Crippen LogP contribution in [0.4, 0.5) is 35.1 Å². The van der Waals surface area contributed by atoms with E-state index in [1.165, 1.54) is 0 Å². The van der Waals surface area contributed by atoms with Gasteiger partial charge in [-0.2, -0.15) is 8.78 Å². The molecule has 1 aliphatic heterocycles. The number of rotatable bonds is 6. The standard InChI is InChI=1S/C9H12F8N2O2/c10-7(11,12)20-5-3-18-1-2-19(9(18,16)17)4-6-21-8(13,14)15/h1-6H2. The summed E-state index contributed by atoms with van der Waals surface area (Å²) in [6, 6.07) is 0. The summed E-state index contributed by atoms with van der Waals surface area (Å²) in [5.41, 5.74) is 0. The van der Waals surface area contributed by atoms with Gasteiger partial charge in [-0.1, -0.05) is 0 Å². The molecule has 0 aromatic heterocycles. The van der Waals surface area contributed by atoms with Gasteiger partial charge in [-0.05, 0) is 0 Å². The van der Waals surface area contributed by atoms with Crippen molar-refractivity contribution in [3.05, 3.63) is 0 Å². The van der Waals surface area contributed by atoms with Gasteiger partial charge in [0, 0.05) is 26.2 Å². The molecule has 1 fully saturated rings. The molecular formula is C9H12F8N2O2. The van der Waals surface area contributed by atoms with E-state index in [0.29, 0.717) is 9.80 Å². The molecule has 0 unspecified atom stereocenters. The summed E-state index contributed by atoms with van der Waals surface area (Å²) in [7, 11) is 0. The van der Waals surface area contributed by atoms with Crippen LogP contribution in [0.3, 0.4) is 0 Å². The van der Waals surface area contributed by atoms with Crippen LogP contribution in [0.5, 0.6) is 0 Å². The van der Waals surface area contributed by atoms with Crippen molar-refractivity contribution < 1.29 is 44.6 Å². The van der Waals surface area contributed by atoms with Gasteiger partial charge in [-0.3, -0.25) is 9.47 Å². The minimum atomic E-state index is -4.92. The molecule has 0 atom stereocenters. The van der Waals surface area contributed by atoms with Gasteiger partial charge in [-0.25, -0.2) is 9.80 Å². The second-order valence-corrected chi connectivity index (χ2v) is 4.07. The Morgan fingerprint density at radius 3 is 1.38 bits per heavy atom. The number of hydrogen-bond acceptors (Lipinski definition) is 4. The molecule has 1 rings (SSSR count). The Bertz CT molecular complexity index is 303. The van der Waals surface area contributed by atoms with Gasteiger partial charge in [-0.15, -0.1) is 26.3 Å². The second kappa shape index (κ2) is 6.58. The Hall–Kier alpha value is -0.720. The highest BCUT2D eigenvalue weighted by atomic mass is 19.4. The molecule has 0 N–H and O–H groups in total. The van der Waals surface area contributed by atoms with E-state index in [1.54, 1.807) is 0 Å². The van der Waals surface area contributed by atoms with Gasteiger partial charge in [0.1, 0.15) is 0 Å². The first-order chi connectivity index (χ1) is 9.42. The van der Waals surface area contributed by atoms with E-state index >= 15 is 0 Å². The first-order valence-electron chi connectivity index (χ1n) is 5.71. The van der Waals surface area contributed by atoms with Crippen LogP contribution in [0.25, 0.3) is 0 Å². The second-order valence-electron chi connectivity index (χ2n) is 4.07. The van der Waals surface area contributed by atoms with Gasteiger partial charge in [0.25, 0.3) is 0 Å². The third-order valence-electron chi connectivity index (χ3n) is 2.65. The lowest BCUT2D eigenvalue weighted by Crippen LogP contribution is -2.48. The molecule has 0 saturated carbocycles. The lowest BCUT2D eigenvalue weighted by Gasteiger charge is -2.29. The summed E-state index contributed by atoms with van der Waals surface area (Å²) in [6.45, 7) is -3.98. The molecule has 126 valence electrons. The Morgan fingerprint density at radius 2 is 1.10 bits per heavy atom. The van der Waals surface area contributed by atoms with Gasteiger partial charge < -0.3 is 0 Å². The predicted octanol–water partition coefficient (Wildman–Crippen LogP) is 2.23. The molecule has 1 aliphatic rings. The van der Waals surface area contributed by atoms with E-state index in [4.69, 9.17) is 0 Å². The summed E-state index contributed by atoms with van der Waals surface area (Å²) in [6.07, 6.45) is -13.5. The molecule has 0 aliphatic carbocycles. The first kappa shape index (κ1) is 18.3. The van der Waals surface area contributed by atoms with Crippen LogP contribution in [-0.4, -0.2) is 68.1 Å². The van der Waals surface area contributed by atoms with E-state index in [2.05, 4.69) is 9.47 Å². The number of ether oxygens (including phenoxy) is 2. The summed E-state index contributed by atoms with van der Waals surface area (Å²) < 4.78 is 104. The zero-order chi connectivity index (χ0) is 16.3. The Balaban J connectivity index is 2.39. The maximum atomic E-state index is 13.7. The van der Waals surface area contributed by atoms with Crippen molar-refractivity contribution in [3.8, 4) is 0 Å². The highest BCUT2D eigenvalue weighted by Gasteiger charge is 2.48. The van der Waals surface area contributed by atoms with Crippen molar-refractivity contribution in [2.45, 2.75) is 18.9 Å². The Labute approximate surface area is 114 Å². The molecule has 21 heavy (non-hydrogen) atoms. The molecule has 0 bridgehead atoms. The van der Waals surface area contributed by atoms with Crippen molar-refractivity contribution in [2.75, 3.05) is 39.4 Å². The summed E-state index contributed by atoms with van der Waals surface area (Å²) in [4.78, 5) is 0.790. The largest absolute Gasteiger partial charge is 0.522 e. The third-order valence-corrected chi connectivity index (χ3v) is 2.65. The van der Waals surface area contributed by atoms with Crippen LogP contribution in [0.15, 0.2) is 0 Å². The van der Waals surface area contributed by atoms with E-state index in [9.17, 15) is 35.1 Å². The molecular weight excluding hydrogens is 320 g/mol. The van der Waals surface area contributed by atoms with Crippen molar-refractivity contribution in [1.82, 2.24) is 9.80 Å². The summed E-state index contributed by atoms with van der Waals surface area (Å²) >= 11 is 0. The van der Waals surface area contributed by atoms with E-state index in [1.807, 2.05) is 0 Å². The first-order valence-corrected chi connectivity index (χ1v) is 5.71. The third kappa shape index (κ3) is 6.28. The van der Waals surface area contributed by atoms with Crippen LogP contribution >= 0.6 is 0 Å². The number of nitrogens with zero attached hydrogens (tertiary/aromatic N) is 2. The summed E-state index contributed by atoms with van der Waals surface area (Å²) in [5, 5.41) is 0. The van der Waals surface area contributed by atoms with E-state index in [-0.39, 0.29) is 13.1 Å². The van der Waals surface area contributed by atoms with Crippen molar-refractivity contribution in [1.29, 1.82) is 0 Å². The molecule has 0 aromatic rings. The highest BCUT2D eigenvalue weighted by molar-refractivity contribution is 4.80. The van der Waals surface area contributed by atoms with Crippen molar-refractivity contribution in [3.63, 3.8) is 0 Å². The fraction of sp³-hybridized carbons (Fsp3) is 1.00.